The molecule has 1 rings (SSSR count). The number of rotatable bonds is 8. The van der Waals surface area contributed by atoms with E-state index in [9.17, 15) is 5.11 Å². The molecule has 0 aliphatic rings. The molecule has 3 N–H and O–H groups in total. The number of nitrogens with one attached hydrogen (secondary N) is 1. The molecule has 0 fully saturated rings. The van der Waals surface area contributed by atoms with E-state index in [1.54, 1.807) is 24.3 Å². The fourth-order valence-corrected chi connectivity index (χ4v) is 1.51. The van der Waals surface area contributed by atoms with Crippen LogP contribution in [-0.2, 0) is 0 Å². The third-order valence-corrected chi connectivity index (χ3v) is 2.69. The maximum Gasteiger partial charge on any atom is 0.119 e. The minimum Gasteiger partial charge on any atom is -0.491 e. The van der Waals surface area contributed by atoms with Crippen LogP contribution in [0.4, 0.5) is 0 Å². The van der Waals surface area contributed by atoms with Crippen LogP contribution < -0.4 is 10.1 Å². The second-order valence-corrected chi connectivity index (χ2v) is 4.42. The Morgan fingerprint density at radius 3 is 2.63 bits per heavy atom. The van der Waals surface area contributed by atoms with Crippen molar-refractivity contribution in [3.63, 3.8) is 0 Å². The van der Waals surface area contributed by atoms with Gasteiger partial charge in [-0.15, -0.1) is 0 Å². The van der Waals surface area contributed by atoms with Gasteiger partial charge in [0, 0.05) is 19.2 Å². The van der Waals surface area contributed by atoms with Gasteiger partial charge in [0.1, 0.15) is 18.5 Å². The topological polar surface area (TPSA) is 85.5 Å². The second kappa shape index (κ2) is 8.48. The zero-order chi connectivity index (χ0) is 14.1. The van der Waals surface area contributed by atoms with E-state index in [2.05, 4.69) is 5.32 Å². The monoisotopic (exact) mass is 264 g/mol. The summed E-state index contributed by atoms with van der Waals surface area (Å²) in [5.41, 5.74) is 0.576. The van der Waals surface area contributed by atoms with Crippen molar-refractivity contribution < 1.29 is 14.9 Å². The molecule has 0 saturated heterocycles. The Morgan fingerprint density at radius 2 is 2.05 bits per heavy atom. The van der Waals surface area contributed by atoms with Gasteiger partial charge in [0.05, 0.1) is 11.6 Å². The Balaban J connectivity index is 2.25. The third-order valence-electron chi connectivity index (χ3n) is 2.69. The third kappa shape index (κ3) is 6.20. The SMILES string of the molecule is CC(CCO)NCC(O)COc1ccc(C#N)cc1. The molecular weight excluding hydrogens is 244 g/mol. The first-order chi connectivity index (χ1) is 9.15. The molecule has 0 aromatic heterocycles. The maximum atomic E-state index is 9.73. The normalized spacial score (nSPS) is 13.6. The summed E-state index contributed by atoms with van der Waals surface area (Å²) in [6.07, 6.45) is 0.0419. The summed E-state index contributed by atoms with van der Waals surface area (Å²) in [7, 11) is 0. The van der Waals surface area contributed by atoms with Gasteiger partial charge in [-0.1, -0.05) is 0 Å². The van der Waals surface area contributed by atoms with Crippen molar-refractivity contribution in [2.45, 2.75) is 25.5 Å². The van der Waals surface area contributed by atoms with E-state index in [1.165, 1.54) is 0 Å². The summed E-state index contributed by atoms with van der Waals surface area (Å²) < 4.78 is 5.41. The Labute approximate surface area is 113 Å². The van der Waals surface area contributed by atoms with Gasteiger partial charge in [-0.2, -0.15) is 5.26 Å². The fraction of sp³-hybridized carbons (Fsp3) is 0.500. The van der Waals surface area contributed by atoms with E-state index in [0.29, 0.717) is 24.3 Å². The predicted octanol–water partition coefficient (Wildman–Crippen LogP) is 0.658. The van der Waals surface area contributed by atoms with E-state index >= 15 is 0 Å². The molecule has 1 aromatic rings. The zero-order valence-electron chi connectivity index (χ0n) is 11.0. The predicted molar refractivity (Wildman–Crippen MR) is 71.8 cm³/mol. The van der Waals surface area contributed by atoms with E-state index in [4.69, 9.17) is 15.1 Å². The van der Waals surface area contributed by atoms with Crippen molar-refractivity contribution in [1.82, 2.24) is 5.32 Å². The lowest BCUT2D eigenvalue weighted by Crippen LogP contribution is -2.37. The van der Waals surface area contributed by atoms with E-state index in [-0.39, 0.29) is 19.3 Å². The minimum absolute atomic E-state index is 0.131. The molecule has 0 saturated carbocycles. The highest BCUT2D eigenvalue weighted by Gasteiger charge is 2.07. The molecule has 0 amide bonds. The van der Waals surface area contributed by atoms with Gasteiger partial charge in [0.2, 0.25) is 0 Å². The van der Waals surface area contributed by atoms with Crippen molar-refractivity contribution in [2.24, 2.45) is 0 Å². The van der Waals surface area contributed by atoms with Crippen LogP contribution in [0.25, 0.3) is 0 Å². The lowest BCUT2D eigenvalue weighted by Gasteiger charge is -2.16. The number of aliphatic hydroxyl groups is 2. The fourth-order valence-electron chi connectivity index (χ4n) is 1.51. The highest BCUT2D eigenvalue weighted by molar-refractivity contribution is 5.34. The van der Waals surface area contributed by atoms with Crippen molar-refractivity contribution >= 4 is 0 Å². The number of nitriles is 1. The molecule has 2 unspecified atom stereocenters. The lowest BCUT2D eigenvalue weighted by atomic mass is 10.2. The summed E-state index contributed by atoms with van der Waals surface area (Å²) in [4.78, 5) is 0. The van der Waals surface area contributed by atoms with Crippen LogP contribution in [0.5, 0.6) is 5.75 Å². The molecule has 19 heavy (non-hydrogen) atoms. The van der Waals surface area contributed by atoms with Crippen molar-refractivity contribution in [3.8, 4) is 11.8 Å². The largest absolute Gasteiger partial charge is 0.491 e. The maximum absolute atomic E-state index is 9.73. The van der Waals surface area contributed by atoms with Crippen LogP contribution in [0.1, 0.15) is 18.9 Å². The molecule has 5 heteroatoms. The smallest absolute Gasteiger partial charge is 0.119 e. The average molecular weight is 264 g/mol. The van der Waals surface area contributed by atoms with Crippen LogP contribution in [0, 0.1) is 11.3 Å². The summed E-state index contributed by atoms with van der Waals surface area (Å²) in [6.45, 7) is 2.68. The Hall–Kier alpha value is -1.61. The number of nitrogens with zero attached hydrogens (tertiary/aromatic N) is 1. The van der Waals surface area contributed by atoms with Gasteiger partial charge < -0.3 is 20.3 Å². The Bertz CT molecular complexity index is 400. The van der Waals surface area contributed by atoms with Crippen LogP contribution in [0.15, 0.2) is 24.3 Å². The van der Waals surface area contributed by atoms with Crippen molar-refractivity contribution in [2.75, 3.05) is 19.8 Å². The first-order valence-corrected chi connectivity index (χ1v) is 6.31. The Morgan fingerprint density at radius 1 is 1.37 bits per heavy atom. The number of benzene rings is 1. The molecule has 0 spiro atoms. The second-order valence-electron chi connectivity index (χ2n) is 4.42. The number of hydrogen-bond donors (Lipinski definition) is 3. The van der Waals surface area contributed by atoms with Crippen LogP contribution >= 0.6 is 0 Å². The number of hydrogen-bond acceptors (Lipinski definition) is 5. The minimum atomic E-state index is -0.614. The molecule has 2 atom stereocenters. The standard InChI is InChI=1S/C14H20N2O3/c1-11(6-7-17)16-9-13(18)10-19-14-4-2-12(8-15)3-5-14/h2-5,11,13,16-18H,6-7,9-10H2,1H3. The van der Waals surface area contributed by atoms with Crippen molar-refractivity contribution in [1.29, 1.82) is 5.26 Å². The van der Waals surface area contributed by atoms with Gasteiger partial charge in [-0.3, -0.25) is 0 Å². The highest BCUT2D eigenvalue weighted by Crippen LogP contribution is 2.11. The molecule has 1 aromatic carbocycles. The summed E-state index contributed by atoms with van der Waals surface area (Å²) in [5, 5.41) is 30.2. The highest BCUT2D eigenvalue weighted by atomic mass is 16.5. The van der Waals surface area contributed by atoms with E-state index in [1.807, 2.05) is 13.0 Å². The summed E-state index contributed by atoms with van der Waals surface area (Å²) in [6, 6.07) is 8.93. The lowest BCUT2D eigenvalue weighted by molar-refractivity contribution is 0.103. The van der Waals surface area contributed by atoms with Crippen LogP contribution in [0.3, 0.4) is 0 Å². The van der Waals surface area contributed by atoms with E-state index < -0.39 is 6.10 Å². The molecular formula is C14H20N2O3. The van der Waals surface area contributed by atoms with Gasteiger partial charge >= 0.3 is 0 Å². The first kappa shape index (κ1) is 15.4. The van der Waals surface area contributed by atoms with Crippen molar-refractivity contribution in [3.05, 3.63) is 29.8 Å². The summed E-state index contributed by atoms with van der Waals surface area (Å²) >= 11 is 0. The van der Waals surface area contributed by atoms with Gasteiger partial charge in [-0.25, -0.2) is 0 Å². The van der Waals surface area contributed by atoms with E-state index in [0.717, 1.165) is 0 Å². The van der Waals surface area contributed by atoms with Gasteiger partial charge in [0.25, 0.3) is 0 Å². The van der Waals surface area contributed by atoms with Gasteiger partial charge in [0.15, 0.2) is 0 Å². The molecule has 0 radical (unpaired) electrons. The van der Waals surface area contributed by atoms with Crippen LogP contribution in [-0.4, -0.2) is 42.1 Å². The Kier molecular flexibility index (Phi) is 6.90. The molecule has 5 nitrogen and oxygen atoms in total. The zero-order valence-corrected chi connectivity index (χ0v) is 11.0. The summed E-state index contributed by atoms with van der Waals surface area (Å²) in [5.74, 6) is 0.626. The molecule has 0 aliphatic carbocycles. The first-order valence-electron chi connectivity index (χ1n) is 6.31. The molecule has 0 aliphatic heterocycles. The van der Waals surface area contributed by atoms with Crippen LogP contribution in [0.2, 0.25) is 0 Å². The molecule has 0 heterocycles. The molecule has 104 valence electrons. The molecule has 0 bridgehead atoms. The quantitative estimate of drug-likeness (QED) is 0.642. The number of ether oxygens (including phenoxy) is 1. The van der Waals surface area contributed by atoms with Gasteiger partial charge in [-0.05, 0) is 37.6 Å². The average Bonchev–Trinajstić information content (AvgIpc) is 2.44. The number of aliphatic hydroxyl groups excluding tert-OH is 2.